The third kappa shape index (κ3) is 2.36. The Morgan fingerprint density at radius 3 is 2.56 bits per heavy atom. The summed E-state index contributed by atoms with van der Waals surface area (Å²) in [5, 5.41) is 4.73. The summed E-state index contributed by atoms with van der Waals surface area (Å²) >= 11 is 0. The van der Waals surface area contributed by atoms with E-state index in [4.69, 9.17) is 5.73 Å². The first-order valence-electron chi connectivity index (χ1n) is 6.62. The van der Waals surface area contributed by atoms with E-state index in [-0.39, 0.29) is 0 Å². The summed E-state index contributed by atoms with van der Waals surface area (Å²) in [4.78, 5) is 0. The van der Waals surface area contributed by atoms with Crippen molar-refractivity contribution in [2.24, 2.45) is 0 Å². The van der Waals surface area contributed by atoms with E-state index >= 15 is 0 Å². The Hall–Kier alpha value is -1.48. The predicted octanol–water partition coefficient (Wildman–Crippen LogP) is 3.30. The van der Waals surface area contributed by atoms with Gasteiger partial charge in [0.25, 0.3) is 0 Å². The molecule has 0 aliphatic heterocycles. The first-order chi connectivity index (χ1) is 8.50. The molecule has 0 saturated heterocycles. The summed E-state index contributed by atoms with van der Waals surface area (Å²) in [5.41, 5.74) is 9.46. The number of nitrogen functional groups attached to an aromatic ring is 1. The van der Waals surface area contributed by atoms with Crippen LogP contribution in [0.15, 0.2) is 24.4 Å². The summed E-state index contributed by atoms with van der Waals surface area (Å²) in [7, 11) is 0. The molecule has 0 aliphatic rings. The molecule has 0 bridgehead atoms. The lowest BCUT2D eigenvalue weighted by molar-refractivity contribution is 0.583. The number of nitrogens with one attached hydrogen (secondary N) is 1. The van der Waals surface area contributed by atoms with Crippen molar-refractivity contribution in [2.75, 3.05) is 5.73 Å². The maximum atomic E-state index is 6.12. The first-order valence-corrected chi connectivity index (χ1v) is 6.62. The van der Waals surface area contributed by atoms with Crippen molar-refractivity contribution in [2.45, 2.75) is 46.3 Å². The van der Waals surface area contributed by atoms with Gasteiger partial charge in [0.05, 0.1) is 11.2 Å². The topological polar surface area (TPSA) is 43.0 Å². The first kappa shape index (κ1) is 13.0. The van der Waals surface area contributed by atoms with Crippen molar-refractivity contribution in [1.29, 1.82) is 0 Å². The average Bonchev–Trinajstić information content (AvgIpc) is 2.67. The van der Waals surface area contributed by atoms with Crippen LogP contribution in [0.4, 0.5) is 5.69 Å². The SMILES string of the molecule is CC(C)NCc1cn(C(C)C)c2c(N)cccc12. The van der Waals surface area contributed by atoms with Crippen LogP contribution in [-0.4, -0.2) is 10.6 Å². The van der Waals surface area contributed by atoms with Crippen LogP contribution >= 0.6 is 0 Å². The van der Waals surface area contributed by atoms with Gasteiger partial charge in [0, 0.05) is 30.2 Å². The molecular weight excluding hydrogens is 222 g/mol. The Labute approximate surface area is 109 Å². The number of hydrogen-bond donors (Lipinski definition) is 2. The fraction of sp³-hybridized carbons (Fsp3) is 0.467. The molecule has 3 N–H and O–H groups in total. The van der Waals surface area contributed by atoms with Gasteiger partial charge in [-0.25, -0.2) is 0 Å². The van der Waals surface area contributed by atoms with Crippen molar-refractivity contribution in [3.05, 3.63) is 30.0 Å². The lowest BCUT2D eigenvalue weighted by Gasteiger charge is -2.10. The zero-order valence-corrected chi connectivity index (χ0v) is 11.7. The smallest absolute Gasteiger partial charge is 0.0719 e. The van der Waals surface area contributed by atoms with Crippen LogP contribution in [0.5, 0.6) is 0 Å². The van der Waals surface area contributed by atoms with Crippen LogP contribution in [0.3, 0.4) is 0 Å². The number of aromatic nitrogens is 1. The number of hydrogen-bond acceptors (Lipinski definition) is 2. The maximum Gasteiger partial charge on any atom is 0.0719 e. The van der Waals surface area contributed by atoms with Gasteiger partial charge in [-0.3, -0.25) is 0 Å². The van der Waals surface area contributed by atoms with Gasteiger partial charge in [-0.15, -0.1) is 0 Å². The average molecular weight is 245 g/mol. The van der Waals surface area contributed by atoms with Crippen LogP contribution in [0.1, 0.15) is 39.3 Å². The van der Waals surface area contributed by atoms with Crippen molar-refractivity contribution < 1.29 is 0 Å². The second kappa shape index (κ2) is 5.02. The number of nitrogens with two attached hydrogens (primary N) is 1. The van der Waals surface area contributed by atoms with Gasteiger partial charge < -0.3 is 15.6 Å². The summed E-state index contributed by atoms with van der Waals surface area (Å²) in [5.74, 6) is 0. The van der Waals surface area contributed by atoms with Crippen LogP contribution in [0.25, 0.3) is 10.9 Å². The molecule has 0 saturated carbocycles. The zero-order chi connectivity index (χ0) is 13.3. The van der Waals surface area contributed by atoms with E-state index in [9.17, 15) is 0 Å². The van der Waals surface area contributed by atoms with Crippen LogP contribution in [-0.2, 0) is 6.54 Å². The standard InChI is InChI=1S/C15H23N3/c1-10(2)17-8-12-9-18(11(3)4)15-13(12)6-5-7-14(15)16/h5-7,9-11,17H,8,16H2,1-4H3. The van der Waals surface area contributed by atoms with E-state index in [2.05, 4.69) is 49.8 Å². The fourth-order valence-corrected chi connectivity index (χ4v) is 2.27. The lowest BCUT2D eigenvalue weighted by Crippen LogP contribution is -2.21. The van der Waals surface area contributed by atoms with Crippen molar-refractivity contribution in [3.8, 4) is 0 Å². The fourth-order valence-electron chi connectivity index (χ4n) is 2.27. The number of para-hydroxylation sites is 1. The molecule has 3 nitrogen and oxygen atoms in total. The van der Waals surface area contributed by atoms with E-state index in [1.807, 2.05) is 12.1 Å². The van der Waals surface area contributed by atoms with Crippen molar-refractivity contribution in [3.63, 3.8) is 0 Å². The highest BCUT2D eigenvalue weighted by Gasteiger charge is 2.12. The molecule has 1 heterocycles. The third-order valence-electron chi connectivity index (χ3n) is 3.22. The van der Waals surface area contributed by atoms with Gasteiger partial charge in [0.2, 0.25) is 0 Å². The summed E-state index contributed by atoms with van der Waals surface area (Å²) in [6.45, 7) is 9.58. The molecule has 98 valence electrons. The number of rotatable bonds is 4. The Morgan fingerprint density at radius 2 is 1.94 bits per heavy atom. The highest BCUT2D eigenvalue weighted by molar-refractivity contribution is 5.93. The molecule has 0 spiro atoms. The minimum Gasteiger partial charge on any atom is -0.397 e. The van der Waals surface area contributed by atoms with Crippen molar-refractivity contribution in [1.82, 2.24) is 9.88 Å². The molecule has 2 aromatic rings. The second-order valence-corrected chi connectivity index (χ2v) is 5.43. The molecule has 2 rings (SSSR count). The van der Waals surface area contributed by atoms with Gasteiger partial charge in [-0.2, -0.15) is 0 Å². The Kier molecular flexibility index (Phi) is 3.62. The molecule has 0 amide bonds. The summed E-state index contributed by atoms with van der Waals surface area (Å²) in [6, 6.07) is 7.07. The van der Waals surface area contributed by atoms with Crippen molar-refractivity contribution >= 4 is 16.6 Å². The van der Waals surface area contributed by atoms with E-state index in [1.54, 1.807) is 0 Å². The van der Waals surface area contributed by atoms with Gasteiger partial charge in [0.15, 0.2) is 0 Å². The number of nitrogens with zero attached hydrogens (tertiary/aromatic N) is 1. The summed E-state index contributed by atoms with van der Waals surface area (Å²) in [6.07, 6.45) is 2.22. The largest absolute Gasteiger partial charge is 0.397 e. The minimum absolute atomic E-state index is 0.421. The zero-order valence-electron chi connectivity index (χ0n) is 11.7. The van der Waals surface area contributed by atoms with Gasteiger partial charge >= 0.3 is 0 Å². The highest BCUT2D eigenvalue weighted by atomic mass is 15.0. The van der Waals surface area contributed by atoms with E-state index < -0.39 is 0 Å². The molecule has 0 radical (unpaired) electrons. The molecule has 3 heteroatoms. The monoisotopic (exact) mass is 245 g/mol. The number of fused-ring (bicyclic) bond motifs is 1. The number of benzene rings is 1. The molecule has 1 aromatic heterocycles. The van der Waals surface area contributed by atoms with Gasteiger partial charge in [0.1, 0.15) is 0 Å². The normalized spacial score (nSPS) is 11.9. The molecule has 18 heavy (non-hydrogen) atoms. The summed E-state index contributed by atoms with van der Waals surface area (Å²) < 4.78 is 2.27. The van der Waals surface area contributed by atoms with Crippen LogP contribution in [0.2, 0.25) is 0 Å². The number of anilines is 1. The third-order valence-corrected chi connectivity index (χ3v) is 3.22. The van der Waals surface area contributed by atoms with E-state index in [0.29, 0.717) is 12.1 Å². The molecule has 1 aromatic carbocycles. The quantitative estimate of drug-likeness (QED) is 0.812. The van der Waals surface area contributed by atoms with Gasteiger partial charge in [-0.05, 0) is 25.5 Å². The Balaban J connectivity index is 2.51. The van der Waals surface area contributed by atoms with Crippen LogP contribution in [0, 0.1) is 0 Å². The molecule has 0 atom stereocenters. The Morgan fingerprint density at radius 1 is 1.22 bits per heavy atom. The van der Waals surface area contributed by atoms with Gasteiger partial charge in [-0.1, -0.05) is 26.0 Å². The maximum absolute atomic E-state index is 6.12. The van der Waals surface area contributed by atoms with E-state index in [1.165, 1.54) is 10.9 Å². The van der Waals surface area contributed by atoms with Crippen LogP contribution < -0.4 is 11.1 Å². The predicted molar refractivity (Wildman–Crippen MR) is 78.7 cm³/mol. The lowest BCUT2D eigenvalue weighted by atomic mass is 10.1. The Bertz CT molecular complexity index is 538. The molecule has 0 fully saturated rings. The minimum atomic E-state index is 0.421. The molecule has 0 unspecified atom stereocenters. The second-order valence-electron chi connectivity index (χ2n) is 5.43. The molecule has 0 aliphatic carbocycles. The van der Waals surface area contributed by atoms with E-state index in [0.717, 1.165) is 17.7 Å². The molecular formula is C15H23N3. The highest BCUT2D eigenvalue weighted by Crippen LogP contribution is 2.29.